The van der Waals surface area contributed by atoms with E-state index in [0.29, 0.717) is 6.04 Å². The molecule has 0 aliphatic carbocycles. The summed E-state index contributed by atoms with van der Waals surface area (Å²) >= 11 is 1.84. The van der Waals surface area contributed by atoms with Gasteiger partial charge in [-0.25, -0.2) is 4.98 Å². The normalized spacial score (nSPS) is 11.6. The molecule has 0 amide bonds. The van der Waals surface area contributed by atoms with Gasteiger partial charge in [-0.15, -0.1) is 11.3 Å². The van der Waals surface area contributed by atoms with Crippen molar-refractivity contribution in [1.29, 1.82) is 0 Å². The summed E-state index contributed by atoms with van der Waals surface area (Å²) in [5.41, 5.74) is 1.17. The van der Waals surface area contributed by atoms with E-state index >= 15 is 0 Å². The van der Waals surface area contributed by atoms with Gasteiger partial charge in [0.25, 0.3) is 0 Å². The van der Waals surface area contributed by atoms with E-state index in [-0.39, 0.29) is 0 Å². The molecule has 0 fully saturated rings. The number of hydrogen-bond acceptors (Lipinski definition) is 5. The predicted molar refractivity (Wildman–Crippen MR) is 89.9 cm³/mol. The van der Waals surface area contributed by atoms with Crippen molar-refractivity contribution in [2.75, 3.05) is 38.6 Å². The maximum atomic E-state index is 4.77. The fraction of sp³-hybridized carbons (Fsp3) is 0.800. The second-order valence-corrected chi connectivity index (χ2v) is 6.89. The molecular weight excluding hydrogens is 268 g/mol. The zero-order chi connectivity index (χ0) is 15.1. The standard InChI is InChI=1S/C15H30N4S/c1-7-8-19(10-9-18(5)6)15-17-13(4)14(20-15)11-16-12(2)3/h12,16H,7-11H2,1-6H3. The van der Waals surface area contributed by atoms with E-state index in [0.717, 1.165) is 32.6 Å². The van der Waals surface area contributed by atoms with Crippen LogP contribution in [0.1, 0.15) is 37.8 Å². The third-order valence-electron chi connectivity index (χ3n) is 3.13. The molecule has 0 atom stereocenters. The number of nitrogens with zero attached hydrogens (tertiary/aromatic N) is 3. The summed E-state index contributed by atoms with van der Waals surface area (Å²) in [7, 11) is 4.24. The number of likely N-dealkylation sites (N-methyl/N-ethyl adjacent to an activating group) is 1. The average Bonchev–Trinajstić information content (AvgIpc) is 2.73. The van der Waals surface area contributed by atoms with Crippen LogP contribution in [0.25, 0.3) is 0 Å². The molecule has 1 rings (SSSR count). The molecule has 0 saturated carbocycles. The van der Waals surface area contributed by atoms with Gasteiger partial charge in [-0.2, -0.15) is 0 Å². The Labute approximate surface area is 128 Å². The van der Waals surface area contributed by atoms with E-state index in [1.807, 2.05) is 11.3 Å². The third-order valence-corrected chi connectivity index (χ3v) is 4.35. The molecule has 0 aromatic carbocycles. The molecule has 1 aromatic rings. The van der Waals surface area contributed by atoms with Crippen LogP contribution >= 0.6 is 11.3 Å². The van der Waals surface area contributed by atoms with Gasteiger partial charge < -0.3 is 15.1 Å². The second kappa shape index (κ2) is 8.60. The summed E-state index contributed by atoms with van der Waals surface area (Å²) in [6.07, 6.45) is 1.16. The highest BCUT2D eigenvalue weighted by atomic mass is 32.1. The highest BCUT2D eigenvalue weighted by molar-refractivity contribution is 7.15. The van der Waals surface area contributed by atoms with E-state index in [4.69, 9.17) is 4.98 Å². The first-order valence-electron chi connectivity index (χ1n) is 7.53. The van der Waals surface area contributed by atoms with Gasteiger partial charge in [0.1, 0.15) is 0 Å². The average molecular weight is 298 g/mol. The van der Waals surface area contributed by atoms with Crippen LogP contribution in [-0.4, -0.2) is 49.7 Å². The first-order chi connectivity index (χ1) is 9.43. The molecule has 0 saturated heterocycles. The van der Waals surface area contributed by atoms with Gasteiger partial charge in [-0.1, -0.05) is 20.8 Å². The SMILES string of the molecule is CCCN(CCN(C)C)c1nc(C)c(CNC(C)C)s1. The smallest absolute Gasteiger partial charge is 0.185 e. The first kappa shape index (κ1) is 17.4. The van der Waals surface area contributed by atoms with E-state index < -0.39 is 0 Å². The zero-order valence-corrected chi connectivity index (χ0v) is 14.7. The van der Waals surface area contributed by atoms with E-state index in [1.165, 1.54) is 15.7 Å². The molecule has 20 heavy (non-hydrogen) atoms. The van der Waals surface area contributed by atoms with Crippen molar-refractivity contribution in [3.05, 3.63) is 10.6 Å². The molecule has 0 radical (unpaired) electrons. The van der Waals surface area contributed by atoms with Gasteiger partial charge >= 0.3 is 0 Å². The summed E-state index contributed by atoms with van der Waals surface area (Å²) in [6.45, 7) is 12.8. The lowest BCUT2D eigenvalue weighted by Crippen LogP contribution is -2.32. The zero-order valence-electron chi connectivity index (χ0n) is 13.9. The largest absolute Gasteiger partial charge is 0.347 e. The monoisotopic (exact) mass is 298 g/mol. The third kappa shape index (κ3) is 5.77. The molecule has 0 aliphatic heterocycles. The van der Waals surface area contributed by atoms with Gasteiger partial charge in [-0.3, -0.25) is 0 Å². The lowest BCUT2D eigenvalue weighted by molar-refractivity contribution is 0.413. The number of rotatable bonds is 9. The molecule has 0 unspecified atom stereocenters. The summed E-state index contributed by atoms with van der Waals surface area (Å²) < 4.78 is 0. The van der Waals surface area contributed by atoms with Crippen LogP contribution in [0.4, 0.5) is 5.13 Å². The Hall–Kier alpha value is -0.650. The van der Waals surface area contributed by atoms with Gasteiger partial charge in [0.2, 0.25) is 0 Å². The quantitative estimate of drug-likeness (QED) is 0.759. The molecule has 0 bridgehead atoms. The second-order valence-electron chi connectivity index (χ2n) is 5.83. The van der Waals surface area contributed by atoms with Crippen LogP contribution in [0.2, 0.25) is 0 Å². The highest BCUT2D eigenvalue weighted by Crippen LogP contribution is 2.26. The number of hydrogen-bond donors (Lipinski definition) is 1. The fourth-order valence-corrected chi connectivity index (χ4v) is 2.97. The Morgan fingerprint density at radius 3 is 2.45 bits per heavy atom. The van der Waals surface area contributed by atoms with Crippen molar-refractivity contribution >= 4 is 16.5 Å². The summed E-state index contributed by atoms with van der Waals surface area (Å²) in [5.74, 6) is 0. The van der Waals surface area contributed by atoms with Crippen molar-refractivity contribution in [3.63, 3.8) is 0 Å². The van der Waals surface area contributed by atoms with Gasteiger partial charge in [0.15, 0.2) is 5.13 Å². The van der Waals surface area contributed by atoms with Crippen LogP contribution in [0.5, 0.6) is 0 Å². The van der Waals surface area contributed by atoms with E-state index in [1.54, 1.807) is 0 Å². The summed E-state index contributed by atoms with van der Waals surface area (Å²) in [6, 6.07) is 0.514. The Morgan fingerprint density at radius 2 is 1.90 bits per heavy atom. The Balaban J connectivity index is 2.72. The Morgan fingerprint density at radius 1 is 1.20 bits per heavy atom. The number of nitrogens with one attached hydrogen (secondary N) is 1. The van der Waals surface area contributed by atoms with Gasteiger partial charge in [-0.05, 0) is 27.4 Å². The van der Waals surface area contributed by atoms with Crippen molar-refractivity contribution in [3.8, 4) is 0 Å². The van der Waals surface area contributed by atoms with Crippen LogP contribution in [-0.2, 0) is 6.54 Å². The molecule has 1 heterocycles. The summed E-state index contributed by atoms with van der Waals surface area (Å²) in [5, 5.41) is 4.65. The molecule has 1 N–H and O–H groups in total. The highest BCUT2D eigenvalue weighted by Gasteiger charge is 2.14. The molecule has 5 heteroatoms. The fourth-order valence-electron chi connectivity index (χ4n) is 1.90. The first-order valence-corrected chi connectivity index (χ1v) is 8.35. The number of aryl methyl sites for hydroxylation is 1. The van der Waals surface area contributed by atoms with Gasteiger partial charge in [0.05, 0.1) is 5.69 Å². The van der Waals surface area contributed by atoms with Crippen LogP contribution in [0, 0.1) is 6.92 Å². The lowest BCUT2D eigenvalue weighted by atomic mass is 10.3. The minimum absolute atomic E-state index is 0.514. The topological polar surface area (TPSA) is 31.4 Å². The lowest BCUT2D eigenvalue weighted by Gasteiger charge is -2.23. The van der Waals surface area contributed by atoms with Crippen molar-refractivity contribution in [2.24, 2.45) is 0 Å². The Kier molecular flexibility index (Phi) is 7.48. The van der Waals surface area contributed by atoms with E-state index in [9.17, 15) is 0 Å². The number of anilines is 1. The van der Waals surface area contributed by atoms with Crippen LogP contribution in [0.15, 0.2) is 0 Å². The van der Waals surface area contributed by atoms with Crippen molar-refractivity contribution < 1.29 is 0 Å². The molecule has 116 valence electrons. The number of thiazole rings is 1. The maximum absolute atomic E-state index is 4.77. The number of aromatic nitrogens is 1. The van der Waals surface area contributed by atoms with Gasteiger partial charge in [0, 0.05) is 37.1 Å². The minimum atomic E-state index is 0.514. The molecule has 0 spiro atoms. The maximum Gasteiger partial charge on any atom is 0.185 e. The van der Waals surface area contributed by atoms with Crippen molar-refractivity contribution in [2.45, 2.75) is 46.7 Å². The van der Waals surface area contributed by atoms with Crippen LogP contribution in [0.3, 0.4) is 0 Å². The van der Waals surface area contributed by atoms with Crippen molar-refractivity contribution in [1.82, 2.24) is 15.2 Å². The van der Waals surface area contributed by atoms with Crippen LogP contribution < -0.4 is 10.2 Å². The minimum Gasteiger partial charge on any atom is -0.347 e. The molecule has 4 nitrogen and oxygen atoms in total. The Bertz CT molecular complexity index is 387. The molecular formula is C15H30N4S. The predicted octanol–water partition coefficient (Wildman–Crippen LogP) is 2.73. The molecule has 1 aromatic heterocycles. The molecule has 0 aliphatic rings. The summed E-state index contributed by atoms with van der Waals surface area (Å²) in [4.78, 5) is 10.8. The van der Waals surface area contributed by atoms with E-state index in [2.05, 4.69) is 56.9 Å².